The van der Waals surface area contributed by atoms with Crippen molar-refractivity contribution in [1.82, 2.24) is 9.97 Å². The Hall–Kier alpha value is -1.20. The molecule has 0 amide bonds. The maximum Gasteiger partial charge on any atom is 0.223 e. The van der Waals surface area contributed by atoms with Crippen molar-refractivity contribution < 1.29 is 9.47 Å². The van der Waals surface area contributed by atoms with Crippen molar-refractivity contribution in [2.24, 2.45) is 0 Å². The molecule has 0 radical (unpaired) electrons. The first-order chi connectivity index (χ1) is 8.19. The Morgan fingerprint density at radius 2 is 2.06 bits per heavy atom. The second-order valence-electron chi connectivity index (χ2n) is 4.26. The molecule has 1 aromatic heterocycles. The van der Waals surface area contributed by atoms with E-state index in [0.29, 0.717) is 25.8 Å². The molecule has 0 aromatic carbocycles. The summed E-state index contributed by atoms with van der Waals surface area (Å²) in [5.74, 6) is 0.655. The third-order valence-electron chi connectivity index (χ3n) is 2.71. The number of nitrogens with zero attached hydrogens (tertiary/aromatic N) is 2. The minimum Gasteiger partial charge on any atom is -0.376 e. The summed E-state index contributed by atoms with van der Waals surface area (Å²) in [4.78, 5) is 8.72. The van der Waals surface area contributed by atoms with Crippen molar-refractivity contribution in [2.75, 3.05) is 25.1 Å². The topological polar surface area (TPSA) is 56.3 Å². The van der Waals surface area contributed by atoms with Crippen LogP contribution in [0.4, 0.5) is 5.95 Å². The summed E-state index contributed by atoms with van der Waals surface area (Å²) in [5, 5.41) is 3.29. The minimum atomic E-state index is 0.0874. The number of hydrogen-bond donors (Lipinski definition) is 1. The molecule has 1 aromatic rings. The Labute approximate surface area is 102 Å². The predicted molar refractivity (Wildman–Crippen MR) is 65.1 cm³/mol. The zero-order valence-corrected chi connectivity index (χ0v) is 10.6. The third kappa shape index (κ3) is 3.14. The molecule has 0 aliphatic carbocycles. The van der Waals surface area contributed by atoms with Gasteiger partial charge in [0.15, 0.2) is 0 Å². The standard InChI is InChI=1S/C12H19N3O2/c1-4-17-11-7-16-6-10(11)15-12-13-8(2)5-9(3)14-12/h5,10-11H,4,6-7H2,1-3H3,(H,13,14,15)/t10-,11-/m0/s1. The van der Waals surface area contributed by atoms with Gasteiger partial charge in [0, 0.05) is 18.0 Å². The molecule has 2 rings (SSSR count). The molecule has 94 valence electrons. The summed E-state index contributed by atoms with van der Waals surface area (Å²) < 4.78 is 11.0. The lowest BCUT2D eigenvalue weighted by molar-refractivity contribution is 0.0477. The summed E-state index contributed by atoms with van der Waals surface area (Å²) in [6.45, 7) is 7.88. The summed E-state index contributed by atoms with van der Waals surface area (Å²) in [6.07, 6.45) is 0.0874. The van der Waals surface area contributed by atoms with Gasteiger partial charge in [-0.1, -0.05) is 0 Å². The zero-order valence-electron chi connectivity index (χ0n) is 10.6. The molecule has 1 N–H and O–H groups in total. The molecule has 1 aliphatic rings. The van der Waals surface area contributed by atoms with Gasteiger partial charge in [0.1, 0.15) is 6.10 Å². The maximum atomic E-state index is 5.61. The first-order valence-electron chi connectivity index (χ1n) is 5.97. The second kappa shape index (κ2) is 5.42. The Balaban J connectivity index is 2.04. The molecule has 1 fully saturated rings. The normalized spacial score (nSPS) is 23.9. The van der Waals surface area contributed by atoms with Crippen LogP contribution in [0.5, 0.6) is 0 Å². The van der Waals surface area contributed by atoms with Crippen molar-refractivity contribution in [2.45, 2.75) is 32.9 Å². The van der Waals surface area contributed by atoms with E-state index in [1.165, 1.54) is 0 Å². The van der Waals surface area contributed by atoms with Crippen LogP contribution < -0.4 is 5.32 Å². The fourth-order valence-electron chi connectivity index (χ4n) is 2.00. The van der Waals surface area contributed by atoms with Gasteiger partial charge in [-0.25, -0.2) is 9.97 Å². The van der Waals surface area contributed by atoms with E-state index in [0.717, 1.165) is 11.4 Å². The monoisotopic (exact) mass is 237 g/mol. The van der Waals surface area contributed by atoms with E-state index >= 15 is 0 Å². The fraction of sp³-hybridized carbons (Fsp3) is 0.667. The van der Waals surface area contributed by atoms with Gasteiger partial charge in [-0.2, -0.15) is 0 Å². The molecule has 2 atom stereocenters. The smallest absolute Gasteiger partial charge is 0.223 e. The highest BCUT2D eigenvalue weighted by atomic mass is 16.5. The van der Waals surface area contributed by atoms with Crippen LogP contribution in [-0.4, -0.2) is 41.9 Å². The Morgan fingerprint density at radius 1 is 1.35 bits per heavy atom. The number of aryl methyl sites for hydroxylation is 2. The average molecular weight is 237 g/mol. The van der Waals surface area contributed by atoms with Gasteiger partial charge >= 0.3 is 0 Å². The van der Waals surface area contributed by atoms with E-state index in [4.69, 9.17) is 9.47 Å². The highest BCUT2D eigenvalue weighted by molar-refractivity contribution is 5.30. The molecular weight excluding hydrogens is 218 g/mol. The fourth-order valence-corrected chi connectivity index (χ4v) is 2.00. The largest absolute Gasteiger partial charge is 0.376 e. The highest BCUT2D eigenvalue weighted by Gasteiger charge is 2.29. The van der Waals surface area contributed by atoms with Crippen molar-refractivity contribution in [3.8, 4) is 0 Å². The van der Waals surface area contributed by atoms with E-state index in [1.807, 2.05) is 26.8 Å². The highest BCUT2D eigenvalue weighted by Crippen LogP contribution is 2.14. The van der Waals surface area contributed by atoms with Gasteiger partial charge in [-0.05, 0) is 26.8 Å². The van der Waals surface area contributed by atoms with Crippen LogP contribution in [0.15, 0.2) is 6.07 Å². The predicted octanol–water partition coefficient (Wildman–Crippen LogP) is 1.31. The summed E-state index contributed by atoms with van der Waals surface area (Å²) in [6, 6.07) is 2.09. The SMILES string of the molecule is CCO[C@H]1COC[C@@H]1Nc1nc(C)cc(C)n1. The summed E-state index contributed by atoms with van der Waals surface area (Å²) in [5.41, 5.74) is 1.93. The zero-order chi connectivity index (χ0) is 12.3. The van der Waals surface area contributed by atoms with Gasteiger partial charge < -0.3 is 14.8 Å². The molecule has 0 bridgehead atoms. The summed E-state index contributed by atoms with van der Waals surface area (Å²) >= 11 is 0. The number of rotatable bonds is 4. The molecule has 0 unspecified atom stereocenters. The number of aromatic nitrogens is 2. The Kier molecular flexibility index (Phi) is 3.91. The van der Waals surface area contributed by atoms with E-state index in [-0.39, 0.29) is 12.1 Å². The molecule has 17 heavy (non-hydrogen) atoms. The van der Waals surface area contributed by atoms with Crippen LogP contribution in [0, 0.1) is 13.8 Å². The number of nitrogens with one attached hydrogen (secondary N) is 1. The van der Waals surface area contributed by atoms with Crippen LogP contribution in [0.25, 0.3) is 0 Å². The second-order valence-corrected chi connectivity index (χ2v) is 4.26. The minimum absolute atomic E-state index is 0.0874. The van der Waals surface area contributed by atoms with E-state index in [9.17, 15) is 0 Å². The number of ether oxygens (including phenoxy) is 2. The van der Waals surface area contributed by atoms with Crippen LogP contribution in [0.3, 0.4) is 0 Å². The van der Waals surface area contributed by atoms with Crippen molar-refractivity contribution in [1.29, 1.82) is 0 Å². The van der Waals surface area contributed by atoms with Crippen molar-refractivity contribution >= 4 is 5.95 Å². The van der Waals surface area contributed by atoms with Gasteiger partial charge in [0.2, 0.25) is 5.95 Å². The van der Waals surface area contributed by atoms with Crippen molar-refractivity contribution in [3.63, 3.8) is 0 Å². The number of hydrogen-bond acceptors (Lipinski definition) is 5. The molecule has 5 heteroatoms. The molecule has 1 aliphatic heterocycles. The van der Waals surface area contributed by atoms with Gasteiger partial charge in [-0.3, -0.25) is 0 Å². The third-order valence-corrected chi connectivity index (χ3v) is 2.71. The van der Waals surface area contributed by atoms with Gasteiger partial charge in [0.25, 0.3) is 0 Å². The maximum absolute atomic E-state index is 5.61. The Morgan fingerprint density at radius 3 is 2.71 bits per heavy atom. The van der Waals surface area contributed by atoms with Crippen LogP contribution >= 0.6 is 0 Å². The van der Waals surface area contributed by atoms with Crippen molar-refractivity contribution in [3.05, 3.63) is 17.5 Å². The first-order valence-corrected chi connectivity index (χ1v) is 5.97. The Bertz CT molecular complexity index is 364. The lowest BCUT2D eigenvalue weighted by Gasteiger charge is -2.19. The molecule has 5 nitrogen and oxygen atoms in total. The van der Waals surface area contributed by atoms with Crippen LogP contribution in [0.2, 0.25) is 0 Å². The molecule has 2 heterocycles. The molecular formula is C12H19N3O2. The number of anilines is 1. The van der Waals surface area contributed by atoms with E-state index in [1.54, 1.807) is 0 Å². The average Bonchev–Trinajstić information content (AvgIpc) is 2.65. The molecule has 1 saturated heterocycles. The molecule has 0 saturated carbocycles. The lowest BCUT2D eigenvalue weighted by atomic mass is 10.2. The van der Waals surface area contributed by atoms with Crippen LogP contribution in [-0.2, 0) is 9.47 Å². The first kappa shape index (κ1) is 12.3. The van der Waals surface area contributed by atoms with Gasteiger partial charge in [0.05, 0.1) is 19.3 Å². The lowest BCUT2D eigenvalue weighted by Crippen LogP contribution is -2.35. The summed E-state index contributed by atoms with van der Waals surface area (Å²) in [7, 11) is 0. The van der Waals surface area contributed by atoms with E-state index in [2.05, 4.69) is 15.3 Å². The molecule has 0 spiro atoms. The van der Waals surface area contributed by atoms with Gasteiger partial charge in [-0.15, -0.1) is 0 Å². The van der Waals surface area contributed by atoms with Crippen LogP contribution in [0.1, 0.15) is 18.3 Å². The van der Waals surface area contributed by atoms with E-state index < -0.39 is 0 Å². The quantitative estimate of drug-likeness (QED) is 0.855.